The Morgan fingerprint density at radius 2 is 2.08 bits per heavy atom. The molecule has 1 aliphatic carbocycles. The predicted octanol–water partition coefficient (Wildman–Crippen LogP) is 6.12. The van der Waals surface area contributed by atoms with Crippen molar-refractivity contribution in [1.29, 1.82) is 0 Å². The van der Waals surface area contributed by atoms with Crippen LogP contribution in [0.15, 0.2) is 66.8 Å². The van der Waals surface area contributed by atoms with E-state index < -0.39 is 0 Å². The number of rotatable bonds is 4. The molecule has 0 spiro atoms. The molecule has 2 aliphatic rings. The first-order valence-corrected chi connectivity index (χ1v) is 9.10. The molecule has 128 valence electrons. The summed E-state index contributed by atoms with van der Waals surface area (Å²) in [5, 5.41) is 4.55. The van der Waals surface area contributed by atoms with Crippen LogP contribution in [0.2, 0.25) is 5.02 Å². The van der Waals surface area contributed by atoms with E-state index in [2.05, 4.69) is 48.3 Å². The highest BCUT2D eigenvalue weighted by atomic mass is 35.5. The maximum absolute atomic E-state index is 6.48. The molecule has 1 N–H and O–H groups in total. The van der Waals surface area contributed by atoms with Crippen LogP contribution < -0.4 is 10.1 Å². The molecule has 1 aliphatic heterocycles. The van der Waals surface area contributed by atoms with Crippen LogP contribution in [0.1, 0.15) is 36.4 Å². The van der Waals surface area contributed by atoms with Crippen LogP contribution in [0, 0.1) is 5.92 Å². The van der Waals surface area contributed by atoms with Crippen LogP contribution in [0.25, 0.3) is 0 Å². The first-order valence-electron chi connectivity index (χ1n) is 8.72. The third kappa shape index (κ3) is 3.07. The number of ether oxygens (including phenoxy) is 1. The Labute approximate surface area is 154 Å². The second-order valence-corrected chi connectivity index (χ2v) is 7.40. The summed E-state index contributed by atoms with van der Waals surface area (Å²) >= 11 is 6.48. The zero-order valence-electron chi connectivity index (χ0n) is 14.3. The van der Waals surface area contributed by atoms with Gasteiger partial charge in [-0.1, -0.05) is 48.5 Å². The van der Waals surface area contributed by atoms with Crippen LogP contribution >= 0.6 is 11.6 Å². The first kappa shape index (κ1) is 16.3. The highest BCUT2D eigenvalue weighted by molar-refractivity contribution is 6.31. The summed E-state index contributed by atoms with van der Waals surface area (Å²) in [5.41, 5.74) is 4.67. The third-order valence-electron chi connectivity index (χ3n) is 5.06. The molecule has 0 amide bonds. The Morgan fingerprint density at radius 1 is 1.24 bits per heavy atom. The molecule has 3 unspecified atom stereocenters. The minimum absolute atomic E-state index is 0.225. The molecule has 4 rings (SSSR count). The van der Waals surface area contributed by atoms with E-state index in [4.69, 9.17) is 16.3 Å². The molecule has 2 nitrogen and oxygen atoms in total. The second-order valence-electron chi connectivity index (χ2n) is 6.99. The van der Waals surface area contributed by atoms with Crippen LogP contribution in [-0.2, 0) is 0 Å². The molecule has 0 radical (unpaired) electrons. The quantitative estimate of drug-likeness (QED) is 0.670. The van der Waals surface area contributed by atoms with Crippen molar-refractivity contribution in [3.05, 3.63) is 82.9 Å². The monoisotopic (exact) mass is 351 g/mol. The van der Waals surface area contributed by atoms with Gasteiger partial charge in [-0.25, -0.2) is 0 Å². The van der Waals surface area contributed by atoms with E-state index in [-0.39, 0.29) is 6.04 Å². The Kier molecular flexibility index (Phi) is 4.30. The fraction of sp³-hybridized carbons (Fsp3) is 0.273. The molecule has 3 heteroatoms. The largest absolute Gasteiger partial charge is 0.489 e. The lowest BCUT2D eigenvalue weighted by atomic mass is 9.77. The SMILES string of the molecule is C=C(C)COc1ccc2c(c1)C1C=CCC1C(c1ccccc1Cl)N2. The maximum atomic E-state index is 6.48. The summed E-state index contributed by atoms with van der Waals surface area (Å²) in [4.78, 5) is 0. The van der Waals surface area contributed by atoms with Crippen molar-refractivity contribution in [2.75, 3.05) is 11.9 Å². The third-order valence-corrected chi connectivity index (χ3v) is 5.40. The van der Waals surface area contributed by atoms with Gasteiger partial charge in [-0.3, -0.25) is 0 Å². The fourth-order valence-electron chi connectivity index (χ4n) is 3.90. The number of allylic oxidation sites excluding steroid dienone is 2. The molecular formula is C22H22ClNO. The lowest BCUT2D eigenvalue weighted by molar-refractivity contribution is 0.350. The zero-order valence-corrected chi connectivity index (χ0v) is 15.1. The number of benzene rings is 2. The molecule has 0 fully saturated rings. The van der Waals surface area contributed by atoms with Gasteiger partial charge >= 0.3 is 0 Å². The molecular weight excluding hydrogens is 330 g/mol. The normalized spacial score (nSPS) is 23.5. The number of hydrogen-bond donors (Lipinski definition) is 1. The van der Waals surface area contributed by atoms with Crippen LogP contribution in [-0.4, -0.2) is 6.61 Å². The summed E-state index contributed by atoms with van der Waals surface area (Å²) in [6.07, 6.45) is 5.68. The van der Waals surface area contributed by atoms with Gasteiger partial charge in [-0.15, -0.1) is 0 Å². The summed E-state index contributed by atoms with van der Waals surface area (Å²) in [7, 11) is 0. The highest BCUT2D eigenvalue weighted by Crippen LogP contribution is 2.51. The molecule has 3 atom stereocenters. The second kappa shape index (κ2) is 6.61. The van der Waals surface area contributed by atoms with Crippen molar-refractivity contribution in [2.45, 2.75) is 25.3 Å². The van der Waals surface area contributed by atoms with Gasteiger partial charge in [0.2, 0.25) is 0 Å². The van der Waals surface area contributed by atoms with Crippen molar-refractivity contribution in [3.8, 4) is 5.75 Å². The van der Waals surface area contributed by atoms with E-state index in [1.54, 1.807) is 0 Å². The molecule has 1 heterocycles. The smallest absolute Gasteiger partial charge is 0.120 e. The van der Waals surface area contributed by atoms with Gasteiger partial charge in [0.05, 0.1) is 6.04 Å². The van der Waals surface area contributed by atoms with Crippen molar-refractivity contribution in [3.63, 3.8) is 0 Å². The highest BCUT2D eigenvalue weighted by Gasteiger charge is 2.38. The summed E-state index contributed by atoms with van der Waals surface area (Å²) < 4.78 is 5.84. The number of fused-ring (bicyclic) bond motifs is 3. The zero-order chi connectivity index (χ0) is 17.4. The maximum Gasteiger partial charge on any atom is 0.120 e. The van der Waals surface area contributed by atoms with Gasteiger partial charge in [-0.2, -0.15) is 0 Å². The molecule has 0 bridgehead atoms. The van der Waals surface area contributed by atoms with Gasteiger partial charge in [0.15, 0.2) is 0 Å². The molecule has 0 aromatic heterocycles. The Bertz CT molecular complexity index is 842. The lowest BCUT2D eigenvalue weighted by Gasteiger charge is -2.38. The molecule has 2 aromatic rings. The van der Waals surface area contributed by atoms with Gasteiger partial charge < -0.3 is 10.1 Å². The van der Waals surface area contributed by atoms with Gasteiger partial charge in [0, 0.05) is 16.6 Å². The van der Waals surface area contributed by atoms with Crippen LogP contribution in [0.5, 0.6) is 5.75 Å². The number of hydrogen-bond acceptors (Lipinski definition) is 2. The molecule has 2 aromatic carbocycles. The van der Waals surface area contributed by atoms with Gasteiger partial charge in [0.1, 0.15) is 12.4 Å². The summed E-state index contributed by atoms with van der Waals surface area (Å²) in [6, 6.07) is 14.7. The standard InChI is InChI=1S/C22H22ClNO/c1-14(2)13-25-15-10-11-21-19(12-15)16-7-5-8-17(16)22(24-21)18-6-3-4-9-20(18)23/h3-7,9-12,16-17,22,24H,1,8,13H2,2H3. The van der Waals surface area contributed by atoms with Crippen molar-refractivity contribution in [2.24, 2.45) is 5.92 Å². The lowest BCUT2D eigenvalue weighted by Crippen LogP contribution is -2.29. The van der Waals surface area contributed by atoms with E-state index in [1.807, 2.05) is 25.1 Å². The van der Waals surface area contributed by atoms with Crippen molar-refractivity contribution < 1.29 is 4.74 Å². The van der Waals surface area contributed by atoms with Gasteiger partial charge in [-0.05, 0) is 60.2 Å². The predicted molar refractivity (Wildman–Crippen MR) is 105 cm³/mol. The summed E-state index contributed by atoms with van der Waals surface area (Å²) in [5.74, 6) is 1.77. The average molecular weight is 352 g/mol. The van der Waals surface area contributed by atoms with E-state index in [9.17, 15) is 0 Å². The molecule has 0 saturated carbocycles. The van der Waals surface area contributed by atoms with Crippen LogP contribution in [0.3, 0.4) is 0 Å². The Morgan fingerprint density at radius 3 is 2.88 bits per heavy atom. The number of halogens is 1. The average Bonchev–Trinajstić information content (AvgIpc) is 3.10. The Balaban J connectivity index is 1.69. The minimum Gasteiger partial charge on any atom is -0.489 e. The first-order chi connectivity index (χ1) is 12.1. The minimum atomic E-state index is 0.225. The van der Waals surface area contributed by atoms with Crippen molar-refractivity contribution in [1.82, 2.24) is 0 Å². The molecule has 25 heavy (non-hydrogen) atoms. The number of anilines is 1. The Hall–Kier alpha value is -2.19. The fourth-order valence-corrected chi connectivity index (χ4v) is 4.16. The summed E-state index contributed by atoms with van der Waals surface area (Å²) in [6.45, 7) is 6.43. The molecule has 0 saturated heterocycles. The van der Waals surface area contributed by atoms with Crippen molar-refractivity contribution >= 4 is 17.3 Å². The number of nitrogens with one attached hydrogen (secondary N) is 1. The van der Waals surface area contributed by atoms with Gasteiger partial charge in [0.25, 0.3) is 0 Å². The van der Waals surface area contributed by atoms with E-state index in [0.29, 0.717) is 18.4 Å². The van der Waals surface area contributed by atoms with E-state index in [1.165, 1.54) is 16.8 Å². The van der Waals surface area contributed by atoms with Crippen LogP contribution in [0.4, 0.5) is 5.69 Å². The van der Waals surface area contributed by atoms with E-state index >= 15 is 0 Å². The van der Waals surface area contributed by atoms with E-state index in [0.717, 1.165) is 22.8 Å². The topological polar surface area (TPSA) is 21.3 Å².